The summed E-state index contributed by atoms with van der Waals surface area (Å²) in [5, 5.41) is 3.41. The second kappa shape index (κ2) is 10.5. The first-order valence-electron chi connectivity index (χ1n) is 14.5. The molecule has 10 nitrogen and oxygen atoms in total. The number of likely N-dealkylation sites (N-methyl/N-ethyl adjacent to an activating group) is 1. The van der Waals surface area contributed by atoms with Gasteiger partial charge in [0.1, 0.15) is 11.6 Å². The van der Waals surface area contributed by atoms with Crippen molar-refractivity contribution in [3.05, 3.63) is 54.2 Å². The molecular formula is C31H42N8O2S. The summed E-state index contributed by atoms with van der Waals surface area (Å²) in [4.78, 5) is 21.5. The van der Waals surface area contributed by atoms with Crippen LogP contribution in [-0.2, 0) is 19.9 Å². The summed E-state index contributed by atoms with van der Waals surface area (Å²) < 4.78 is 23.0. The van der Waals surface area contributed by atoms with Gasteiger partial charge in [-0.2, -0.15) is 9.35 Å². The highest BCUT2D eigenvalue weighted by Crippen LogP contribution is 2.44. The minimum absolute atomic E-state index is 0.283. The van der Waals surface area contributed by atoms with Crippen molar-refractivity contribution in [1.82, 2.24) is 19.9 Å². The molecule has 3 aromatic rings. The fourth-order valence-electron chi connectivity index (χ4n) is 6.15. The van der Waals surface area contributed by atoms with E-state index in [9.17, 15) is 4.21 Å². The molecule has 42 heavy (non-hydrogen) atoms. The molecule has 0 radical (unpaired) electrons. The SMILES string of the molecule is CN1C[C@H]2C[C@@H]1CN2c1ccc(Nc2ncc3c(n2)N(c2cccc(N=S(C)(C)=O)n2)C[C@@]3(C)COC(C)(C)C)cc1. The Morgan fingerprint density at radius 1 is 1.10 bits per heavy atom. The smallest absolute Gasteiger partial charge is 0.229 e. The van der Waals surface area contributed by atoms with Gasteiger partial charge in [-0.15, -0.1) is 0 Å². The number of nitrogens with zero attached hydrogens (tertiary/aromatic N) is 7. The average molecular weight is 591 g/mol. The standard InChI is InChI=1S/C31H42N8O2S/c1-30(2,3)41-20-31(4)19-39(27-10-8-9-26(34-27)36-42(6,7)40)28-25(31)16-32-29(35-28)33-21-11-13-22(14-12-21)38-18-23-15-24(38)17-37(23)5/h8-14,16,23-24H,15,17-20H2,1-7H3,(H,32,33,35)/t23-,24-,31+/m1/s1. The molecule has 3 atom stereocenters. The zero-order valence-electron chi connectivity index (χ0n) is 25.7. The van der Waals surface area contributed by atoms with Crippen molar-refractivity contribution in [3.8, 4) is 0 Å². The van der Waals surface area contributed by atoms with Crippen molar-refractivity contribution in [1.29, 1.82) is 0 Å². The van der Waals surface area contributed by atoms with Crippen LogP contribution in [0.5, 0.6) is 0 Å². The Hall–Kier alpha value is -3.28. The Bertz CT molecular complexity index is 1590. The monoisotopic (exact) mass is 590 g/mol. The summed E-state index contributed by atoms with van der Waals surface area (Å²) in [7, 11) is -0.122. The van der Waals surface area contributed by atoms with E-state index < -0.39 is 9.73 Å². The van der Waals surface area contributed by atoms with Crippen LogP contribution >= 0.6 is 0 Å². The number of anilines is 5. The lowest BCUT2D eigenvalue weighted by Gasteiger charge is -2.33. The fraction of sp³-hybridized carbons (Fsp3) is 0.516. The zero-order valence-corrected chi connectivity index (χ0v) is 26.5. The highest BCUT2D eigenvalue weighted by atomic mass is 32.2. The van der Waals surface area contributed by atoms with Gasteiger partial charge in [0.05, 0.1) is 12.2 Å². The first-order valence-corrected chi connectivity index (χ1v) is 16.9. The highest BCUT2D eigenvalue weighted by molar-refractivity contribution is 7.92. The minimum Gasteiger partial charge on any atom is -0.375 e. The molecule has 6 rings (SSSR count). The quantitative estimate of drug-likeness (QED) is 0.403. The number of ether oxygens (including phenoxy) is 1. The Morgan fingerprint density at radius 2 is 1.86 bits per heavy atom. The molecule has 5 heterocycles. The normalized spacial score (nSPS) is 23.9. The zero-order chi connectivity index (χ0) is 29.9. The molecule has 0 amide bonds. The summed E-state index contributed by atoms with van der Waals surface area (Å²) in [6.45, 7) is 11.7. The number of pyridine rings is 1. The van der Waals surface area contributed by atoms with E-state index in [1.807, 2.05) is 18.3 Å². The molecule has 2 saturated heterocycles. The van der Waals surface area contributed by atoms with Crippen molar-refractivity contribution >= 4 is 44.5 Å². The van der Waals surface area contributed by atoms with Gasteiger partial charge in [0, 0.05) is 82.5 Å². The second-order valence-electron chi connectivity index (χ2n) is 13.4. The van der Waals surface area contributed by atoms with E-state index in [2.05, 4.69) is 83.4 Å². The van der Waals surface area contributed by atoms with Crippen LogP contribution in [0.2, 0.25) is 0 Å². The largest absolute Gasteiger partial charge is 0.375 e. The number of piperazine rings is 1. The van der Waals surface area contributed by atoms with E-state index in [4.69, 9.17) is 19.7 Å². The van der Waals surface area contributed by atoms with Crippen molar-refractivity contribution in [2.75, 3.05) is 60.9 Å². The van der Waals surface area contributed by atoms with Gasteiger partial charge in [-0.25, -0.2) is 14.2 Å². The van der Waals surface area contributed by atoms with Gasteiger partial charge in [0.15, 0.2) is 5.82 Å². The van der Waals surface area contributed by atoms with Crippen LogP contribution in [0.3, 0.4) is 0 Å². The molecule has 1 N–H and O–H groups in total. The van der Waals surface area contributed by atoms with Crippen molar-refractivity contribution < 1.29 is 8.95 Å². The molecular weight excluding hydrogens is 548 g/mol. The van der Waals surface area contributed by atoms with E-state index >= 15 is 0 Å². The van der Waals surface area contributed by atoms with Crippen molar-refractivity contribution in [3.63, 3.8) is 0 Å². The predicted octanol–water partition coefficient (Wildman–Crippen LogP) is 5.09. The van der Waals surface area contributed by atoms with Crippen LogP contribution in [0, 0.1) is 0 Å². The number of hydrogen-bond donors (Lipinski definition) is 1. The van der Waals surface area contributed by atoms with Crippen LogP contribution in [0.25, 0.3) is 0 Å². The molecule has 224 valence electrons. The molecule has 0 aliphatic carbocycles. The Morgan fingerprint density at radius 3 is 2.50 bits per heavy atom. The van der Waals surface area contributed by atoms with Gasteiger partial charge in [-0.1, -0.05) is 13.0 Å². The number of likely N-dealkylation sites (tertiary alicyclic amines) is 1. The third-order valence-electron chi connectivity index (χ3n) is 8.28. The summed E-state index contributed by atoms with van der Waals surface area (Å²) in [6.07, 6.45) is 6.37. The summed E-state index contributed by atoms with van der Waals surface area (Å²) in [5.41, 5.74) is 2.55. The van der Waals surface area contributed by atoms with Gasteiger partial charge in [-0.05, 0) is 70.6 Å². The average Bonchev–Trinajstić information content (AvgIpc) is 3.58. The number of benzene rings is 1. The molecule has 1 aromatic carbocycles. The lowest BCUT2D eigenvalue weighted by atomic mass is 9.87. The van der Waals surface area contributed by atoms with Crippen molar-refractivity contribution in [2.45, 2.75) is 57.2 Å². The first-order chi connectivity index (χ1) is 19.8. The molecule has 3 aliphatic rings. The summed E-state index contributed by atoms with van der Waals surface area (Å²) in [5.74, 6) is 2.43. The Labute approximate surface area is 249 Å². The number of rotatable bonds is 7. The van der Waals surface area contributed by atoms with E-state index in [1.54, 1.807) is 18.6 Å². The molecule has 2 aromatic heterocycles. The van der Waals surface area contributed by atoms with Gasteiger partial charge >= 0.3 is 0 Å². The fourth-order valence-corrected chi connectivity index (χ4v) is 6.70. The molecule has 2 fully saturated rings. The minimum atomic E-state index is -2.35. The number of nitrogens with one attached hydrogen (secondary N) is 1. The highest BCUT2D eigenvalue weighted by Gasteiger charge is 2.43. The molecule has 0 saturated carbocycles. The number of aromatic nitrogens is 3. The van der Waals surface area contributed by atoms with Crippen LogP contribution in [0.1, 0.15) is 39.7 Å². The molecule has 11 heteroatoms. The van der Waals surface area contributed by atoms with E-state index in [0.717, 1.165) is 30.2 Å². The van der Waals surface area contributed by atoms with Gasteiger partial charge in [0.25, 0.3) is 0 Å². The Kier molecular flexibility index (Phi) is 7.18. The van der Waals surface area contributed by atoms with Crippen molar-refractivity contribution in [2.24, 2.45) is 4.36 Å². The van der Waals surface area contributed by atoms with Crippen LogP contribution in [0.4, 0.5) is 34.8 Å². The lowest BCUT2D eigenvalue weighted by molar-refractivity contribution is -0.0252. The maximum absolute atomic E-state index is 12.4. The van der Waals surface area contributed by atoms with Crippen LogP contribution in [0.15, 0.2) is 53.0 Å². The van der Waals surface area contributed by atoms with Crippen LogP contribution in [-0.4, -0.2) is 87.5 Å². The molecule has 0 spiro atoms. The molecule has 0 unspecified atom stereocenters. The first kappa shape index (κ1) is 28.8. The summed E-state index contributed by atoms with van der Waals surface area (Å²) >= 11 is 0. The number of hydrogen-bond acceptors (Lipinski definition) is 10. The van der Waals surface area contributed by atoms with Gasteiger partial charge in [-0.3, -0.25) is 4.90 Å². The third-order valence-corrected chi connectivity index (χ3v) is 8.91. The molecule has 3 aliphatic heterocycles. The lowest BCUT2D eigenvalue weighted by Crippen LogP contribution is -2.44. The van der Waals surface area contributed by atoms with Crippen LogP contribution < -0.4 is 15.1 Å². The second-order valence-corrected chi connectivity index (χ2v) is 16.0. The maximum atomic E-state index is 12.4. The molecule has 2 bridgehead atoms. The summed E-state index contributed by atoms with van der Waals surface area (Å²) in [6, 6.07) is 15.4. The van der Waals surface area contributed by atoms with E-state index in [-0.39, 0.29) is 11.0 Å². The topological polar surface area (TPSA) is 99.1 Å². The number of fused-ring (bicyclic) bond motifs is 3. The predicted molar refractivity (Wildman–Crippen MR) is 170 cm³/mol. The Balaban J connectivity index is 1.28. The van der Waals surface area contributed by atoms with Gasteiger partial charge in [0.2, 0.25) is 5.95 Å². The van der Waals surface area contributed by atoms with E-state index in [1.165, 1.54) is 12.1 Å². The maximum Gasteiger partial charge on any atom is 0.229 e. The van der Waals surface area contributed by atoms with Gasteiger partial charge < -0.3 is 19.9 Å². The third kappa shape index (κ3) is 5.95. The van der Waals surface area contributed by atoms with E-state index in [0.29, 0.717) is 42.8 Å².